The highest BCUT2D eigenvalue weighted by atomic mass is 35.5. The molecule has 7 heteroatoms. The maximum Gasteiger partial charge on any atom is 0.522 e. The Labute approximate surface area is 108 Å². The van der Waals surface area contributed by atoms with Gasteiger partial charge >= 0.3 is 6.36 Å². The fraction of sp³-hybridized carbons (Fsp3) is 0.455. The van der Waals surface area contributed by atoms with Gasteiger partial charge in [0.15, 0.2) is 0 Å². The van der Waals surface area contributed by atoms with Crippen molar-refractivity contribution in [1.82, 2.24) is 0 Å². The smallest absolute Gasteiger partial charge is 0.491 e. The van der Waals surface area contributed by atoms with Crippen LogP contribution in [-0.2, 0) is 4.74 Å². The van der Waals surface area contributed by atoms with E-state index in [2.05, 4.69) is 4.74 Å². The van der Waals surface area contributed by atoms with Crippen LogP contribution in [0.3, 0.4) is 0 Å². The lowest BCUT2D eigenvalue weighted by Crippen LogP contribution is -2.18. The van der Waals surface area contributed by atoms with E-state index in [1.54, 1.807) is 25.1 Å². The molecule has 0 bridgehead atoms. The Balaban J connectivity index is 2.57. The molecule has 2 N–H and O–H groups in total. The molecule has 0 saturated carbocycles. The molecule has 0 fully saturated rings. The van der Waals surface area contributed by atoms with Gasteiger partial charge in [0.05, 0.1) is 6.61 Å². The van der Waals surface area contributed by atoms with Crippen molar-refractivity contribution in [3.05, 3.63) is 28.8 Å². The lowest BCUT2D eigenvalue weighted by molar-refractivity contribution is -0.325. The van der Waals surface area contributed by atoms with Crippen molar-refractivity contribution < 1.29 is 22.6 Å². The van der Waals surface area contributed by atoms with Crippen LogP contribution in [0.1, 0.15) is 18.5 Å². The van der Waals surface area contributed by atoms with Crippen molar-refractivity contribution in [3.8, 4) is 5.75 Å². The predicted octanol–water partition coefficient (Wildman–Crippen LogP) is 3.27. The molecule has 1 unspecified atom stereocenters. The monoisotopic (exact) mass is 283 g/mol. The minimum Gasteiger partial charge on any atom is -0.491 e. The van der Waals surface area contributed by atoms with Crippen molar-refractivity contribution >= 4 is 11.6 Å². The van der Waals surface area contributed by atoms with Gasteiger partial charge in [-0.1, -0.05) is 11.6 Å². The summed E-state index contributed by atoms with van der Waals surface area (Å²) in [6.07, 6.45) is -4.65. The van der Waals surface area contributed by atoms with Crippen LogP contribution in [0.4, 0.5) is 13.2 Å². The molecule has 0 aromatic heterocycles. The lowest BCUT2D eigenvalue weighted by atomic mass is 10.1. The van der Waals surface area contributed by atoms with Gasteiger partial charge in [-0.2, -0.15) is 0 Å². The van der Waals surface area contributed by atoms with Crippen molar-refractivity contribution in [3.63, 3.8) is 0 Å². The first kappa shape index (κ1) is 15.1. The molecule has 102 valence electrons. The first-order valence-corrected chi connectivity index (χ1v) is 5.56. The van der Waals surface area contributed by atoms with Crippen LogP contribution in [0.15, 0.2) is 18.2 Å². The standard InChI is InChI=1S/C11H13ClF3NO2/c1-7(16)9-6-8(12)2-3-10(9)17-4-5-18-11(13,14)15/h2-3,6-7H,4-5,16H2,1H3. The molecule has 0 spiro atoms. The highest BCUT2D eigenvalue weighted by Gasteiger charge is 2.28. The summed E-state index contributed by atoms with van der Waals surface area (Å²) in [7, 11) is 0. The molecular formula is C11H13ClF3NO2. The first-order chi connectivity index (χ1) is 8.29. The largest absolute Gasteiger partial charge is 0.522 e. The second-order valence-corrected chi connectivity index (χ2v) is 4.05. The summed E-state index contributed by atoms with van der Waals surface area (Å²) in [5.41, 5.74) is 6.34. The van der Waals surface area contributed by atoms with E-state index in [1.165, 1.54) is 0 Å². The van der Waals surface area contributed by atoms with Gasteiger partial charge in [0.2, 0.25) is 0 Å². The van der Waals surface area contributed by atoms with E-state index in [0.717, 1.165) is 0 Å². The molecule has 0 saturated heterocycles. The zero-order valence-corrected chi connectivity index (χ0v) is 10.4. The fourth-order valence-electron chi connectivity index (χ4n) is 1.32. The molecule has 0 heterocycles. The van der Waals surface area contributed by atoms with Crippen LogP contribution in [0, 0.1) is 0 Å². The third-order valence-corrected chi connectivity index (χ3v) is 2.30. The van der Waals surface area contributed by atoms with E-state index in [1.807, 2.05) is 0 Å². The van der Waals surface area contributed by atoms with Crippen LogP contribution in [0.2, 0.25) is 5.02 Å². The molecule has 3 nitrogen and oxygen atoms in total. The predicted molar refractivity (Wildman–Crippen MR) is 61.6 cm³/mol. The molecular weight excluding hydrogens is 271 g/mol. The number of hydrogen-bond donors (Lipinski definition) is 1. The Morgan fingerprint density at radius 2 is 2.00 bits per heavy atom. The summed E-state index contributed by atoms with van der Waals surface area (Å²) in [5.74, 6) is 0.403. The normalized spacial score (nSPS) is 13.4. The van der Waals surface area contributed by atoms with Crippen LogP contribution >= 0.6 is 11.6 Å². The molecule has 1 rings (SSSR count). The molecule has 0 amide bonds. The number of halogens is 4. The van der Waals surface area contributed by atoms with E-state index < -0.39 is 13.0 Å². The molecule has 1 atom stereocenters. The molecule has 0 radical (unpaired) electrons. The topological polar surface area (TPSA) is 44.5 Å². The number of ether oxygens (including phenoxy) is 2. The molecule has 1 aromatic carbocycles. The second kappa shape index (κ2) is 6.26. The number of nitrogens with two attached hydrogens (primary N) is 1. The molecule has 0 aliphatic rings. The number of rotatable bonds is 5. The van der Waals surface area contributed by atoms with E-state index in [-0.39, 0.29) is 12.6 Å². The minimum absolute atomic E-state index is 0.221. The van der Waals surface area contributed by atoms with Crippen LogP contribution < -0.4 is 10.5 Å². The third-order valence-electron chi connectivity index (χ3n) is 2.07. The minimum atomic E-state index is -4.65. The molecule has 0 aliphatic carbocycles. The average Bonchev–Trinajstić information content (AvgIpc) is 2.24. The SMILES string of the molecule is CC(N)c1cc(Cl)ccc1OCCOC(F)(F)F. The zero-order chi connectivity index (χ0) is 13.8. The quantitative estimate of drug-likeness (QED) is 0.844. The number of hydrogen-bond acceptors (Lipinski definition) is 3. The summed E-state index contributed by atoms with van der Waals surface area (Å²) >= 11 is 5.80. The molecule has 18 heavy (non-hydrogen) atoms. The van der Waals surface area contributed by atoms with Crippen LogP contribution in [0.5, 0.6) is 5.75 Å². The van der Waals surface area contributed by atoms with Crippen LogP contribution in [0.25, 0.3) is 0 Å². The lowest BCUT2D eigenvalue weighted by Gasteiger charge is -2.14. The molecule has 0 aliphatic heterocycles. The van der Waals surface area contributed by atoms with Gasteiger partial charge in [-0.15, -0.1) is 13.2 Å². The first-order valence-electron chi connectivity index (χ1n) is 5.18. The van der Waals surface area contributed by atoms with Crippen molar-refractivity contribution in [1.29, 1.82) is 0 Å². The van der Waals surface area contributed by atoms with E-state index in [4.69, 9.17) is 22.1 Å². The van der Waals surface area contributed by atoms with Gasteiger partial charge in [0.1, 0.15) is 12.4 Å². The summed E-state index contributed by atoms with van der Waals surface area (Å²) in [6.45, 7) is 0.927. The van der Waals surface area contributed by atoms with Gasteiger partial charge in [0, 0.05) is 16.6 Å². The molecule has 1 aromatic rings. The Morgan fingerprint density at radius 3 is 2.56 bits per heavy atom. The Morgan fingerprint density at radius 1 is 1.33 bits per heavy atom. The fourth-order valence-corrected chi connectivity index (χ4v) is 1.50. The van der Waals surface area contributed by atoms with E-state index >= 15 is 0 Å². The van der Waals surface area contributed by atoms with Gasteiger partial charge in [-0.3, -0.25) is 4.74 Å². The maximum absolute atomic E-state index is 11.7. The summed E-state index contributed by atoms with van der Waals surface area (Å²) in [5, 5.41) is 0.487. The average molecular weight is 284 g/mol. The third kappa shape index (κ3) is 5.12. The highest BCUT2D eigenvalue weighted by molar-refractivity contribution is 6.30. The van der Waals surface area contributed by atoms with Crippen molar-refractivity contribution in [2.45, 2.75) is 19.3 Å². The summed E-state index contributed by atoms with van der Waals surface area (Å²) in [6, 6.07) is 4.43. The van der Waals surface area contributed by atoms with Gasteiger partial charge in [0.25, 0.3) is 0 Å². The van der Waals surface area contributed by atoms with E-state index in [0.29, 0.717) is 16.3 Å². The maximum atomic E-state index is 11.7. The van der Waals surface area contributed by atoms with Gasteiger partial charge in [-0.05, 0) is 25.1 Å². The Kier molecular flexibility index (Phi) is 5.25. The van der Waals surface area contributed by atoms with Gasteiger partial charge < -0.3 is 10.5 Å². The Bertz CT molecular complexity index is 396. The Hall–Kier alpha value is -0.980. The zero-order valence-electron chi connectivity index (χ0n) is 9.63. The van der Waals surface area contributed by atoms with Crippen molar-refractivity contribution in [2.75, 3.05) is 13.2 Å². The number of alkyl halides is 3. The second-order valence-electron chi connectivity index (χ2n) is 3.61. The summed E-state index contributed by atoms with van der Waals surface area (Å²) in [4.78, 5) is 0. The van der Waals surface area contributed by atoms with E-state index in [9.17, 15) is 13.2 Å². The summed E-state index contributed by atoms with van der Waals surface area (Å²) < 4.78 is 44.0. The highest BCUT2D eigenvalue weighted by Crippen LogP contribution is 2.27. The van der Waals surface area contributed by atoms with Crippen LogP contribution in [-0.4, -0.2) is 19.6 Å². The van der Waals surface area contributed by atoms with Crippen molar-refractivity contribution in [2.24, 2.45) is 5.73 Å². The van der Waals surface area contributed by atoms with Gasteiger partial charge in [-0.25, -0.2) is 0 Å². The number of benzene rings is 1.